The van der Waals surface area contributed by atoms with Crippen LogP contribution in [0.4, 0.5) is 0 Å². The molecule has 2 rings (SSSR count). The van der Waals surface area contributed by atoms with Crippen LogP contribution in [0.1, 0.15) is 34.0 Å². The summed E-state index contributed by atoms with van der Waals surface area (Å²) in [5.41, 5.74) is 2.29. The van der Waals surface area contributed by atoms with Crippen molar-refractivity contribution < 1.29 is 4.74 Å². The molecular weight excluding hydrogens is 447 g/mol. The van der Waals surface area contributed by atoms with E-state index in [0.29, 0.717) is 12.5 Å². The van der Waals surface area contributed by atoms with Crippen LogP contribution >= 0.6 is 35.3 Å². The number of guanidine groups is 1. The number of benzene rings is 1. The van der Waals surface area contributed by atoms with Crippen molar-refractivity contribution in [3.8, 4) is 5.75 Å². The molecule has 0 aliphatic carbocycles. The molecule has 0 saturated heterocycles. The Balaban J connectivity index is 0.00000312. The molecule has 7 heteroatoms. The monoisotopic (exact) mass is 474 g/mol. The highest BCUT2D eigenvalue weighted by Crippen LogP contribution is 2.25. The minimum atomic E-state index is 0. The van der Waals surface area contributed by atoms with Crippen LogP contribution in [0.15, 0.2) is 29.3 Å². The van der Waals surface area contributed by atoms with Crippen molar-refractivity contribution in [3.05, 3.63) is 45.4 Å². The van der Waals surface area contributed by atoms with E-state index < -0.39 is 0 Å². The quantitative estimate of drug-likeness (QED) is 0.380. The van der Waals surface area contributed by atoms with Crippen LogP contribution in [0.2, 0.25) is 0 Å². The molecule has 1 heterocycles. The largest absolute Gasteiger partial charge is 0.496 e. The number of aliphatic imine (C=N–C) groups is 1. The minimum Gasteiger partial charge on any atom is -0.496 e. The Morgan fingerprint density at radius 2 is 2.00 bits per heavy atom. The predicted octanol–water partition coefficient (Wildman–Crippen LogP) is 3.86. The van der Waals surface area contributed by atoms with Gasteiger partial charge in [-0.3, -0.25) is 4.99 Å². The van der Waals surface area contributed by atoms with Crippen molar-refractivity contribution in [1.82, 2.24) is 15.6 Å². The zero-order valence-corrected chi connectivity index (χ0v) is 18.6. The van der Waals surface area contributed by atoms with E-state index in [4.69, 9.17) is 4.74 Å². The Kier molecular flexibility index (Phi) is 9.20. The van der Waals surface area contributed by atoms with Crippen molar-refractivity contribution in [2.24, 2.45) is 4.99 Å². The molecule has 0 radical (unpaired) electrons. The standard InChI is InChI=1S/C18H26N4OS.HI/c1-12(15-8-6-7-9-16(15)23-5)10-20-18(19-4)21-11-17-22-13(2)14(3)24-17;/h6-9,12H,10-11H2,1-5H3,(H2,19,20,21);1H. The highest BCUT2D eigenvalue weighted by molar-refractivity contribution is 14.0. The molecule has 0 bridgehead atoms. The van der Waals surface area contributed by atoms with Crippen LogP contribution < -0.4 is 15.4 Å². The highest BCUT2D eigenvalue weighted by Gasteiger charge is 2.11. The number of nitrogens with zero attached hydrogens (tertiary/aromatic N) is 2. The Hall–Kier alpha value is -1.35. The minimum absolute atomic E-state index is 0. The number of aromatic nitrogens is 1. The van der Waals surface area contributed by atoms with Gasteiger partial charge in [-0.15, -0.1) is 35.3 Å². The van der Waals surface area contributed by atoms with Crippen molar-refractivity contribution in [3.63, 3.8) is 0 Å². The van der Waals surface area contributed by atoms with E-state index in [0.717, 1.165) is 29.0 Å². The van der Waals surface area contributed by atoms with E-state index >= 15 is 0 Å². The van der Waals surface area contributed by atoms with Crippen LogP contribution in [0, 0.1) is 13.8 Å². The average molecular weight is 474 g/mol. The Morgan fingerprint density at radius 3 is 2.60 bits per heavy atom. The van der Waals surface area contributed by atoms with Gasteiger partial charge in [0.1, 0.15) is 10.8 Å². The summed E-state index contributed by atoms with van der Waals surface area (Å²) in [5, 5.41) is 7.76. The molecule has 25 heavy (non-hydrogen) atoms. The van der Waals surface area contributed by atoms with Gasteiger partial charge in [0.05, 0.1) is 19.3 Å². The Morgan fingerprint density at radius 1 is 1.28 bits per heavy atom. The highest BCUT2D eigenvalue weighted by atomic mass is 127. The van der Waals surface area contributed by atoms with Gasteiger partial charge in [-0.1, -0.05) is 25.1 Å². The molecule has 1 unspecified atom stereocenters. The zero-order valence-electron chi connectivity index (χ0n) is 15.4. The molecule has 5 nitrogen and oxygen atoms in total. The molecule has 138 valence electrons. The number of thiazole rings is 1. The van der Waals surface area contributed by atoms with Gasteiger partial charge < -0.3 is 15.4 Å². The molecule has 1 aromatic carbocycles. The van der Waals surface area contributed by atoms with Crippen LogP contribution in [0.25, 0.3) is 0 Å². The molecule has 0 fully saturated rings. The summed E-state index contributed by atoms with van der Waals surface area (Å²) in [6.45, 7) is 7.76. The molecule has 2 aromatic rings. The number of halogens is 1. The zero-order chi connectivity index (χ0) is 17.5. The molecule has 1 aromatic heterocycles. The molecule has 0 saturated carbocycles. The first-order valence-corrected chi connectivity index (χ1v) is 8.87. The fraction of sp³-hybridized carbons (Fsp3) is 0.444. The lowest BCUT2D eigenvalue weighted by Crippen LogP contribution is -2.38. The molecule has 0 amide bonds. The summed E-state index contributed by atoms with van der Waals surface area (Å²) >= 11 is 1.72. The van der Waals surface area contributed by atoms with E-state index in [1.807, 2.05) is 25.1 Å². The average Bonchev–Trinajstić information content (AvgIpc) is 2.92. The van der Waals surface area contributed by atoms with Crippen LogP contribution in [-0.4, -0.2) is 31.6 Å². The predicted molar refractivity (Wildman–Crippen MR) is 117 cm³/mol. The number of hydrogen-bond acceptors (Lipinski definition) is 4. The SMILES string of the molecule is CN=C(NCc1nc(C)c(C)s1)NCC(C)c1ccccc1OC.I. The fourth-order valence-corrected chi connectivity index (χ4v) is 3.30. The number of para-hydroxylation sites is 1. The van der Waals surface area contributed by atoms with E-state index in [1.165, 1.54) is 10.4 Å². The van der Waals surface area contributed by atoms with Gasteiger partial charge in [0, 0.05) is 24.4 Å². The summed E-state index contributed by atoms with van der Waals surface area (Å²) in [5.74, 6) is 2.01. The first kappa shape index (κ1) is 21.7. The number of rotatable bonds is 6. The number of methoxy groups -OCH3 is 1. The van der Waals surface area contributed by atoms with Crippen molar-refractivity contribution in [2.75, 3.05) is 20.7 Å². The van der Waals surface area contributed by atoms with Gasteiger partial charge in [-0.2, -0.15) is 0 Å². The van der Waals surface area contributed by atoms with Gasteiger partial charge in [-0.25, -0.2) is 4.98 Å². The summed E-state index contributed by atoms with van der Waals surface area (Å²) in [6.07, 6.45) is 0. The summed E-state index contributed by atoms with van der Waals surface area (Å²) in [6, 6.07) is 8.12. The summed E-state index contributed by atoms with van der Waals surface area (Å²) in [4.78, 5) is 10.1. The smallest absolute Gasteiger partial charge is 0.191 e. The van der Waals surface area contributed by atoms with Crippen molar-refractivity contribution >= 4 is 41.3 Å². The van der Waals surface area contributed by atoms with Crippen LogP contribution in [0.3, 0.4) is 0 Å². The van der Waals surface area contributed by atoms with Crippen LogP contribution in [0.5, 0.6) is 5.75 Å². The molecule has 0 spiro atoms. The molecule has 2 N–H and O–H groups in total. The lowest BCUT2D eigenvalue weighted by Gasteiger charge is -2.18. The van der Waals surface area contributed by atoms with Crippen molar-refractivity contribution in [2.45, 2.75) is 33.2 Å². The lowest BCUT2D eigenvalue weighted by atomic mass is 10.0. The van der Waals surface area contributed by atoms with Gasteiger partial charge >= 0.3 is 0 Å². The molecule has 1 atom stereocenters. The normalized spacial score (nSPS) is 12.3. The number of aryl methyl sites for hydroxylation is 2. The maximum atomic E-state index is 5.44. The molecule has 0 aliphatic heterocycles. The molecular formula is C18H27IN4OS. The third kappa shape index (κ3) is 6.14. The summed E-state index contributed by atoms with van der Waals surface area (Å²) < 4.78 is 5.44. The second-order valence-electron chi connectivity index (χ2n) is 5.70. The third-order valence-electron chi connectivity index (χ3n) is 3.95. The molecule has 0 aliphatic rings. The topological polar surface area (TPSA) is 58.5 Å². The van der Waals surface area contributed by atoms with E-state index in [9.17, 15) is 0 Å². The number of hydrogen-bond donors (Lipinski definition) is 2. The fourth-order valence-electron chi connectivity index (χ4n) is 2.43. The van der Waals surface area contributed by atoms with Crippen LogP contribution in [-0.2, 0) is 6.54 Å². The number of ether oxygens (including phenoxy) is 1. The Labute approximate surface area is 171 Å². The second-order valence-corrected chi connectivity index (χ2v) is 6.99. The Bertz CT molecular complexity index is 683. The summed E-state index contributed by atoms with van der Waals surface area (Å²) in [7, 11) is 3.49. The van der Waals surface area contributed by atoms with E-state index in [2.05, 4.69) is 40.5 Å². The van der Waals surface area contributed by atoms with Crippen molar-refractivity contribution in [1.29, 1.82) is 0 Å². The van der Waals surface area contributed by atoms with E-state index in [-0.39, 0.29) is 24.0 Å². The van der Waals surface area contributed by atoms with Gasteiger partial charge in [0.25, 0.3) is 0 Å². The van der Waals surface area contributed by atoms with Gasteiger partial charge in [0.2, 0.25) is 0 Å². The van der Waals surface area contributed by atoms with E-state index in [1.54, 1.807) is 25.5 Å². The van der Waals surface area contributed by atoms with Gasteiger partial charge in [0.15, 0.2) is 5.96 Å². The second kappa shape index (κ2) is 10.6. The maximum Gasteiger partial charge on any atom is 0.191 e. The lowest BCUT2D eigenvalue weighted by molar-refractivity contribution is 0.406. The maximum absolute atomic E-state index is 5.44. The first-order valence-electron chi connectivity index (χ1n) is 8.05. The first-order chi connectivity index (χ1) is 11.5. The number of nitrogens with one attached hydrogen (secondary N) is 2. The van der Waals surface area contributed by atoms with Gasteiger partial charge in [-0.05, 0) is 25.5 Å². The third-order valence-corrected chi connectivity index (χ3v) is 5.02.